The maximum absolute atomic E-state index is 13.8. The number of nitrogen functional groups attached to an aromatic ring is 1. The van der Waals surface area contributed by atoms with Crippen LogP contribution in [0.1, 0.15) is 6.92 Å². The number of nitrogens with two attached hydrogens (primary N) is 1. The van der Waals surface area contributed by atoms with E-state index in [0.29, 0.717) is 6.61 Å². The summed E-state index contributed by atoms with van der Waals surface area (Å²) in [5.41, 5.74) is 6.49. The summed E-state index contributed by atoms with van der Waals surface area (Å²) in [5, 5.41) is 0. The molecule has 0 bridgehead atoms. The molecule has 0 radical (unpaired) electrons. The molecule has 0 aromatic heterocycles. The summed E-state index contributed by atoms with van der Waals surface area (Å²) in [6, 6.07) is 2.36. The molecule has 112 valence electrons. The summed E-state index contributed by atoms with van der Waals surface area (Å²) in [7, 11) is -3.97. The van der Waals surface area contributed by atoms with Crippen LogP contribution in [0.3, 0.4) is 0 Å². The van der Waals surface area contributed by atoms with Gasteiger partial charge < -0.3 is 10.5 Å². The van der Waals surface area contributed by atoms with Gasteiger partial charge in [-0.3, -0.25) is 0 Å². The van der Waals surface area contributed by atoms with Crippen molar-refractivity contribution in [2.24, 2.45) is 0 Å². The molecule has 20 heavy (non-hydrogen) atoms. The Morgan fingerprint density at radius 2 is 2.20 bits per heavy atom. The second-order valence-corrected chi connectivity index (χ2v) is 6.81. The monoisotopic (exact) mass is 366 g/mol. The van der Waals surface area contributed by atoms with Gasteiger partial charge in [0.1, 0.15) is 4.90 Å². The number of rotatable bonds is 7. The van der Waals surface area contributed by atoms with Crippen molar-refractivity contribution >= 4 is 31.6 Å². The molecular weight excluding hydrogens is 351 g/mol. The Morgan fingerprint density at radius 3 is 2.80 bits per heavy atom. The molecule has 1 aromatic carbocycles. The van der Waals surface area contributed by atoms with Gasteiger partial charge in [0.2, 0.25) is 10.0 Å². The smallest absolute Gasteiger partial charge is 0.243 e. The van der Waals surface area contributed by atoms with Crippen LogP contribution in [0.2, 0.25) is 0 Å². The normalized spacial score (nSPS) is 11.6. The fraction of sp³-hybridized carbons (Fsp3) is 0.333. The van der Waals surface area contributed by atoms with E-state index in [2.05, 4.69) is 27.2 Å². The van der Waals surface area contributed by atoms with Crippen molar-refractivity contribution in [3.63, 3.8) is 0 Å². The summed E-state index contributed by atoms with van der Waals surface area (Å²) in [4.78, 5) is -0.496. The van der Waals surface area contributed by atoms with Crippen LogP contribution in [-0.2, 0) is 14.8 Å². The van der Waals surface area contributed by atoms with Gasteiger partial charge >= 0.3 is 0 Å². The van der Waals surface area contributed by atoms with E-state index in [-0.39, 0.29) is 23.3 Å². The van der Waals surface area contributed by atoms with Gasteiger partial charge in [0, 0.05) is 12.2 Å². The van der Waals surface area contributed by atoms with Crippen LogP contribution in [0, 0.1) is 5.82 Å². The average molecular weight is 367 g/mol. The van der Waals surface area contributed by atoms with Crippen LogP contribution in [-0.4, -0.2) is 28.2 Å². The lowest BCUT2D eigenvalue weighted by atomic mass is 10.3. The second kappa shape index (κ2) is 7.16. The van der Waals surface area contributed by atoms with Crippen molar-refractivity contribution in [2.75, 3.05) is 25.5 Å². The Morgan fingerprint density at radius 1 is 1.55 bits per heavy atom. The molecule has 8 heteroatoms. The molecule has 0 fully saturated rings. The highest BCUT2D eigenvalue weighted by molar-refractivity contribution is 9.10. The fourth-order valence-corrected chi connectivity index (χ4v) is 3.11. The molecule has 1 rings (SSSR count). The molecule has 0 atom stereocenters. The highest BCUT2D eigenvalue weighted by Gasteiger charge is 2.21. The van der Waals surface area contributed by atoms with Crippen LogP contribution in [0.4, 0.5) is 10.1 Å². The zero-order valence-corrected chi connectivity index (χ0v) is 13.4. The van der Waals surface area contributed by atoms with Crippen molar-refractivity contribution in [3.8, 4) is 0 Å². The Balaban J connectivity index is 2.72. The predicted molar refractivity (Wildman–Crippen MR) is 79.3 cm³/mol. The van der Waals surface area contributed by atoms with Crippen molar-refractivity contribution in [2.45, 2.75) is 11.8 Å². The highest BCUT2D eigenvalue weighted by Crippen LogP contribution is 2.25. The third-order valence-electron chi connectivity index (χ3n) is 2.19. The van der Waals surface area contributed by atoms with E-state index < -0.39 is 20.7 Å². The third kappa shape index (κ3) is 4.86. The lowest BCUT2D eigenvalue weighted by Gasteiger charge is -2.10. The molecule has 0 spiro atoms. The van der Waals surface area contributed by atoms with E-state index in [1.54, 1.807) is 6.92 Å². The summed E-state index contributed by atoms with van der Waals surface area (Å²) >= 11 is 2.92. The molecule has 0 unspecified atom stereocenters. The zero-order valence-electron chi connectivity index (χ0n) is 10.9. The average Bonchev–Trinajstić information content (AvgIpc) is 2.32. The van der Waals surface area contributed by atoms with E-state index in [9.17, 15) is 12.8 Å². The molecule has 0 saturated carbocycles. The standard InChI is InChI=1S/C12H16BrFN2O3S/c1-8(2)7-19-4-3-16-20(17,18)11-6-9(15)5-10(13)12(11)14/h5-6,16H,1,3-4,7,15H2,2H3. The lowest BCUT2D eigenvalue weighted by molar-refractivity contribution is 0.162. The lowest BCUT2D eigenvalue weighted by Crippen LogP contribution is -2.28. The van der Waals surface area contributed by atoms with Gasteiger partial charge in [0.05, 0.1) is 17.7 Å². The Kier molecular flexibility index (Phi) is 6.12. The van der Waals surface area contributed by atoms with Gasteiger partial charge in [-0.15, -0.1) is 0 Å². The molecule has 3 N–H and O–H groups in total. The molecule has 0 aliphatic heterocycles. The molecule has 0 amide bonds. The van der Waals surface area contributed by atoms with Crippen molar-refractivity contribution in [3.05, 3.63) is 34.6 Å². The molecule has 1 aromatic rings. The van der Waals surface area contributed by atoms with E-state index in [4.69, 9.17) is 10.5 Å². The number of halogens is 2. The summed E-state index contributed by atoms with van der Waals surface area (Å²) < 4.78 is 45.1. The van der Waals surface area contributed by atoms with Gasteiger partial charge in [-0.25, -0.2) is 17.5 Å². The predicted octanol–water partition coefficient (Wildman–Crippen LogP) is 2.04. The first-order chi connectivity index (χ1) is 9.24. The Bertz CT molecular complexity index is 605. The van der Waals surface area contributed by atoms with Gasteiger partial charge in [0.15, 0.2) is 5.82 Å². The summed E-state index contributed by atoms with van der Waals surface area (Å²) in [6.07, 6.45) is 0. The van der Waals surface area contributed by atoms with Crippen LogP contribution >= 0.6 is 15.9 Å². The van der Waals surface area contributed by atoms with E-state index >= 15 is 0 Å². The summed E-state index contributed by atoms with van der Waals surface area (Å²) in [6.45, 7) is 5.98. The number of hydrogen-bond donors (Lipinski definition) is 2. The molecule has 0 saturated heterocycles. The van der Waals surface area contributed by atoms with Crippen molar-refractivity contribution in [1.82, 2.24) is 4.72 Å². The van der Waals surface area contributed by atoms with E-state index in [1.165, 1.54) is 6.07 Å². The summed E-state index contributed by atoms with van der Waals surface area (Å²) in [5.74, 6) is -0.880. The van der Waals surface area contributed by atoms with Crippen LogP contribution in [0.15, 0.2) is 33.7 Å². The Labute approximate surface area is 126 Å². The minimum atomic E-state index is -3.97. The molecule has 5 nitrogen and oxygen atoms in total. The van der Waals surface area contributed by atoms with E-state index in [0.717, 1.165) is 11.6 Å². The van der Waals surface area contributed by atoms with Crippen molar-refractivity contribution in [1.29, 1.82) is 0 Å². The van der Waals surface area contributed by atoms with Gasteiger partial charge in [0.25, 0.3) is 0 Å². The SMILES string of the molecule is C=C(C)COCCNS(=O)(=O)c1cc(N)cc(Br)c1F. The number of anilines is 1. The largest absolute Gasteiger partial charge is 0.399 e. The molecule has 0 aliphatic rings. The van der Waals surface area contributed by atoms with Crippen molar-refractivity contribution < 1.29 is 17.5 Å². The van der Waals surface area contributed by atoms with Crippen LogP contribution in [0.25, 0.3) is 0 Å². The highest BCUT2D eigenvalue weighted by atomic mass is 79.9. The number of hydrogen-bond acceptors (Lipinski definition) is 4. The quantitative estimate of drug-likeness (QED) is 0.439. The number of ether oxygens (including phenoxy) is 1. The minimum Gasteiger partial charge on any atom is -0.399 e. The fourth-order valence-electron chi connectivity index (χ4n) is 1.35. The Hall–Kier alpha value is -0.960. The maximum atomic E-state index is 13.8. The van der Waals surface area contributed by atoms with Crippen LogP contribution < -0.4 is 10.5 Å². The number of sulfonamides is 1. The van der Waals surface area contributed by atoms with Gasteiger partial charge in [-0.2, -0.15) is 0 Å². The third-order valence-corrected chi connectivity index (χ3v) is 4.23. The first kappa shape index (κ1) is 17.1. The molecular formula is C12H16BrFN2O3S. The van der Waals surface area contributed by atoms with Gasteiger partial charge in [-0.05, 0) is 35.0 Å². The maximum Gasteiger partial charge on any atom is 0.243 e. The topological polar surface area (TPSA) is 81.4 Å². The molecule has 0 heterocycles. The first-order valence-corrected chi connectivity index (χ1v) is 7.98. The zero-order chi connectivity index (χ0) is 15.3. The second-order valence-electron chi connectivity index (χ2n) is 4.22. The molecule has 0 aliphatic carbocycles. The minimum absolute atomic E-state index is 0.00333. The number of nitrogens with one attached hydrogen (secondary N) is 1. The van der Waals surface area contributed by atoms with E-state index in [1.807, 2.05) is 0 Å². The van der Waals surface area contributed by atoms with Crippen LogP contribution in [0.5, 0.6) is 0 Å². The van der Waals surface area contributed by atoms with Gasteiger partial charge in [-0.1, -0.05) is 12.2 Å². The number of benzene rings is 1. The first-order valence-electron chi connectivity index (χ1n) is 5.70.